The molecule has 0 amide bonds. The molecule has 0 fully saturated rings. The average Bonchev–Trinajstić information content (AvgIpc) is 2.42. The van der Waals surface area contributed by atoms with Crippen molar-refractivity contribution in [2.75, 3.05) is 0 Å². The van der Waals surface area contributed by atoms with Crippen LogP contribution in [0.25, 0.3) is 0 Å². The van der Waals surface area contributed by atoms with Crippen molar-refractivity contribution < 1.29 is 50.6 Å². The Labute approximate surface area is 143 Å². The van der Waals surface area contributed by atoms with E-state index < -0.39 is 49.3 Å². The fourth-order valence-corrected chi connectivity index (χ4v) is 1.41. The number of halogens is 6. The SMILES string of the molecule is O=C(CC(=O)OCc1ccccc1)CC(F)(F)F.O=C(O)CC(F)(F)F. The number of alkyl halides is 6. The van der Waals surface area contributed by atoms with Gasteiger partial charge in [0.2, 0.25) is 0 Å². The van der Waals surface area contributed by atoms with E-state index in [-0.39, 0.29) is 6.61 Å². The Kier molecular flexibility index (Phi) is 9.37. The Hall–Kier alpha value is -2.59. The lowest BCUT2D eigenvalue weighted by Crippen LogP contribution is -2.18. The fourth-order valence-electron chi connectivity index (χ4n) is 1.41. The van der Waals surface area contributed by atoms with Crippen LogP contribution in [0.4, 0.5) is 26.3 Å². The van der Waals surface area contributed by atoms with E-state index in [1.807, 2.05) is 0 Å². The van der Waals surface area contributed by atoms with Gasteiger partial charge in [0.15, 0.2) is 5.78 Å². The number of carbonyl (C=O) groups excluding carboxylic acids is 2. The number of carbonyl (C=O) groups is 3. The maximum absolute atomic E-state index is 11.8. The van der Waals surface area contributed by atoms with Gasteiger partial charge in [0.05, 0.1) is 0 Å². The standard InChI is InChI=1S/C12H11F3O3.C3H3F3O2/c13-12(14,15)7-10(16)6-11(17)18-8-9-4-2-1-3-5-9;4-3(5,6)1-2(7)8/h1-5H,6-8H2;1H2,(H,7,8). The molecule has 0 atom stereocenters. The first-order valence-electron chi connectivity index (χ1n) is 6.85. The van der Waals surface area contributed by atoms with Gasteiger partial charge < -0.3 is 9.84 Å². The van der Waals surface area contributed by atoms with Crippen LogP contribution >= 0.6 is 0 Å². The molecule has 0 bridgehead atoms. The minimum atomic E-state index is -4.59. The van der Waals surface area contributed by atoms with Gasteiger partial charge in [-0.1, -0.05) is 30.3 Å². The number of ketones is 1. The minimum Gasteiger partial charge on any atom is -0.481 e. The van der Waals surface area contributed by atoms with Crippen LogP contribution in [-0.2, 0) is 25.7 Å². The van der Waals surface area contributed by atoms with Gasteiger partial charge in [0, 0.05) is 0 Å². The zero-order chi connectivity index (χ0) is 20.4. The predicted molar refractivity (Wildman–Crippen MR) is 74.8 cm³/mol. The summed E-state index contributed by atoms with van der Waals surface area (Å²) in [5.74, 6) is -3.99. The Morgan fingerprint density at radius 3 is 1.77 bits per heavy atom. The molecular formula is C15H14F6O5. The van der Waals surface area contributed by atoms with Crippen molar-refractivity contribution in [1.29, 1.82) is 0 Å². The Morgan fingerprint density at radius 1 is 0.885 bits per heavy atom. The number of aliphatic carboxylic acids is 1. The van der Waals surface area contributed by atoms with E-state index in [1.165, 1.54) is 0 Å². The number of hydrogen-bond donors (Lipinski definition) is 1. The number of ether oxygens (including phenoxy) is 1. The minimum absolute atomic E-state index is 0.0566. The molecule has 1 aromatic carbocycles. The maximum Gasteiger partial charge on any atom is 0.399 e. The van der Waals surface area contributed by atoms with Gasteiger partial charge in [0.1, 0.15) is 25.9 Å². The van der Waals surface area contributed by atoms with Crippen molar-refractivity contribution >= 4 is 17.7 Å². The second-order valence-electron chi connectivity index (χ2n) is 4.84. The zero-order valence-corrected chi connectivity index (χ0v) is 13.1. The number of Topliss-reactive ketones (excluding diaryl/α,β-unsaturated/α-hetero) is 1. The molecule has 1 aromatic rings. The number of carboxylic acid groups (broad SMARTS) is 1. The molecule has 0 saturated heterocycles. The topological polar surface area (TPSA) is 80.7 Å². The molecule has 5 nitrogen and oxygen atoms in total. The van der Waals surface area contributed by atoms with Gasteiger partial charge in [-0.2, -0.15) is 26.3 Å². The zero-order valence-electron chi connectivity index (χ0n) is 13.1. The second-order valence-corrected chi connectivity index (χ2v) is 4.84. The first-order chi connectivity index (χ1) is 11.8. The lowest BCUT2D eigenvalue weighted by Gasteiger charge is -2.06. The summed E-state index contributed by atoms with van der Waals surface area (Å²) < 4.78 is 73.0. The smallest absolute Gasteiger partial charge is 0.399 e. The summed E-state index contributed by atoms with van der Waals surface area (Å²) in [5, 5.41) is 7.53. The molecule has 0 aliphatic rings. The normalized spacial score (nSPS) is 11.2. The number of esters is 1. The first kappa shape index (κ1) is 23.4. The highest BCUT2D eigenvalue weighted by atomic mass is 19.4. The molecule has 146 valence electrons. The number of rotatable bonds is 6. The number of carboxylic acids is 1. The van der Waals surface area contributed by atoms with Crippen molar-refractivity contribution in [3.63, 3.8) is 0 Å². The summed E-state index contributed by atoms with van der Waals surface area (Å²) in [6.45, 7) is -0.0566. The predicted octanol–water partition coefficient (Wildman–Crippen LogP) is 3.66. The van der Waals surface area contributed by atoms with E-state index in [1.54, 1.807) is 30.3 Å². The van der Waals surface area contributed by atoms with E-state index in [2.05, 4.69) is 4.74 Å². The Bertz CT molecular complexity index is 595. The molecular weight excluding hydrogens is 374 g/mol. The van der Waals surface area contributed by atoms with Crippen LogP contribution in [-0.4, -0.2) is 35.2 Å². The maximum atomic E-state index is 11.8. The molecule has 11 heteroatoms. The first-order valence-corrected chi connectivity index (χ1v) is 6.85. The highest BCUT2D eigenvalue weighted by Crippen LogP contribution is 2.20. The van der Waals surface area contributed by atoms with Crippen LogP contribution in [0.1, 0.15) is 24.8 Å². The highest BCUT2D eigenvalue weighted by Gasteiger charge is 2.32. The van der Waals surface area contributed by atoms with E-state index in [9.17, 15) is 40.7 Å². The van der Waals surface area contributed by atoms with Gasteiger partial charge in [-0.3, -0.25) is 14.4 Å². The monoisotopic (exact) mass is 388 g/mol. The molecule has 0 aliphatic heterocycles. The molecule has 0 spiro atoms. The molecule has 0 unspecified atom stereocenters. The van der Waals surface area contributed by atoms with Crippen LogP contribution in [0, 0.1) is 0 Å². The lowest BCUT2D eigenvalue weighted by atomic mass is 10.2. The van der Waals surface area contributed by atoms with Crippen molar-refractivity contribution in [2.24, 2.45) is 0 Å². The fraction of sp³-hybridized carbons (Fsp3) is 0.400. The van der Waals surface area contributed by atoms with E-state index in [4.69, 9.17) is 5.11 Å². The van der Waals surface area contributed by atoms with Gasteiger partial charge in [-0.15, -0.1) is 0 Å². The van der Waals surface area contributed by atoms with Gasteiger partial charge in [0.25, 0.3) is 0 Å². The summed E-state index contributed by atoms with van der Waals surface area (Å²) in [4.78, 5) is 31.3. The van der Waals surface area contributed by atoms with Crippen molar-refractivity contribution in [3.05, 3.63) is 35.9 Å². The molecule has 0 saturated carbocycles. The van der Waals surface area contributed by atoms with E-state index in [0.717, 1.165) is 0 Å². The van der Waals surface area contributed by atoms with Crippen LogP contribution in [0.2, 0.25) is 0 Å². The molecule has 1 N–H and O–H groups in total. The van der Waals surface area contributed by atoms with Crippen molar-refractivity contribution in [2.45, 2.75) is 38.2 Å². The second kappa shape index (κ2) is 10.4. The number of hydrogen-bond acceptors (Lipinski definition) is 4. The third-order valence-electron chi connectivity index (χ3n) is 2.33. The van der Waals surface area contributed by atoms with E-state index in [0.29, 0.717) is 5.56 Å². The van der Waals surface area contributed by atoms with Gasteiger partial charge in [-0.25, -0.2) is 0 Å². The highest BCUT2D eigenvalue weighted by molar-refractivity contribution is 5.95. The van der Waals surface area contributed by atoms with Crippen LogP contribution in [0.15, 0.2) is 30.3 Å². The molecule has 1 rings (SSSR count). The lowest BCUT2D eigenvalue weighted by molar-refractivity contribution is -0.166. The molecule has 26 heavy (non-hydrogen) atoms. The van der Waals surface area contributed by atoms with E-state index >= 15 is 0 Å². The largest absolute Gasteiger partial charge is 0.481 e. The summed E-state index contributed by atoms with van der Waals surface area (Å²) in [5.41, 5.74) is 0.703. The third kappa shape index (κ3) is 15.0. The molecule has 0 heterocycles. The summed E-state index contributed by atoms with van der Waals surface area (Å²) in [6, 6.07) is 8.64. The Balaban J connectivity index is 0.000000660. The molecule has 0 aromatic heterocycles. The van der Waals surface area contributed by atoms with Crippen LogP contribution in [0.5, 0.6) is 0 Å². The van der Waals surface area contributed by atoms with Crippen LogP contribution < -0.4 is 0 Å². The average molecular weight is 388 g/mol. The van der Waals surface area contributed by atoms with Gasteiger partial charge >= 0.3 is 24.3 Å². The summed E-state index contributed by atoms with van der Waals surface area (Å²) in [7, 11) is 0. The molecule has 0 radical (unpaired) electrons. The summed E-state index contributed by atoms with van der Waals surface area (Å²) in [6.07, 6.45) is -13.4. The third-order valence-corrected chi connectivity index (χ3v) is 2.33. The molecule has 0 aliphatic carbocycles. The quantitative estimate of drug-likeness (QED) is 0.457. The van der Waals surface area contributed by atoms with Gasteiger partial charge in [-0.05, 0) is 5.56 Å². The van der Waals surface area contributed by atoms with Crippen molar-refractivity contribution in [3.8, 4) is 0 Å². The van der Waals surface area contributed by atoms with Crippen LogP contribution in [0.3, 0.4) is 0 Å². The number of benzene rings is 1. The van der Waals surface area contributed by atoms with Crippen molar-refractivity contribution in [1.82, 2.24) is 0 Å². The summed E-state index contributed by atoms with van der Waals surface area (Å²) >= 11 is 0. The Morgan fingerprint density at radius 2 is 1.38 bits per heavy atom.